The number of amides is 2. The van der Waals surface area contributed by atoms with Crippen LogP contribution in [0.3, 0.4) is 0 Å². The minimum Gasteiger partial charge on any atom is -0.457 e. The van der Waals surface area contributed by atoms with Crippen LogP contribution in [0.4, 0.5) is 5.69 Å². The van der Waals surface area contributed by atoms with Gasteiger partial charge in [0.05, 0.1) is 0 Å². The van der Waals surface area contributed by atoms with E-state index in [9.17, 15) is 9.59 Å². The van der Waals surface area contributed by atoms with Crippen molar-refractivity contribution >= 4 is 35.2 Å². The summed E-state index contributed by atoms with van der Waals surface area (Å²) in [7, 11) is 0. The molecule has 7 heteroatoms. The second-order valence-corrected chi connectivity index (χ2v) is 5.24. The smallest absolute Gasteiger partial charge is 0.267 e. The average Bonchev–Trinajstić information content (AvgIpc) is 2.54. The Bertz CT molecular complexity index is 790. The summed E-state index contributed by atoms with van der Waals surface area (Å²) in [6, 6.07) is 11.8. The number of carbonyl (C=O) groups excluding carboxylic acids is 2. The van der Waals surface area contributed by atoms with Gasteiger partial charge in [-0.1, -0.05) is 17.7 Å². The van der Waals surface area contributed by atoms with Gasteiger partial charge in [0.2, 0.25) is 5.91 Å². The predicted molar refractivity (Wildman–Crippen MR) is 91.2 cm³/mol. The first-order valence-corrected chi connectivity index (χ1v) is 7.33. The molecule has 0 aliphatic rings. The van der Waals surface area contributed by atoms with Gasteiger partial charge in [0.25, 0.3) is 5.91 Å². The van der Waals surface area contributed by atoms with Crippen molar-refractivity contribution < 1.29 is 19.5 Å². The summed E-state index contributed by atoms with van der Waals surface area (Å²) in [5.41, 5.74) is 2.58. The van der Waals surface area contributed by atoms with Gasteiger partial charge in [-0.2, -0.15) is 0 Å². The molecule has 2 aromatic rings. The van der Waals surface area contributed by atoms with Crippen molar-refractivity contribution in [1.29, 1.82) is 0 Å². The van der Waals surface area contributed by atoms with Crippen LogP contribution >= 0.6 is 11.6 Å². The molecule has 0 bridgehead atoms. The summed E-state index contributed by atoms with van der Waals surface area (Å²) in [6.07, 6.45) is 2.59. The van der Waals surface area contributed by atoms with E-state index in [1.807, 2.05) is 0 Å². The molecular weight excluding hydrogens is 332 g/mol. The number of hydrogen-bond donors (Lipinski definition) is 3. The van der Waals surface area contributed by atoms with Crippen molar-refractivity contribution in [3.8, 4) is 11.5 Å². The predicted octanol–water partition coefficient (Wildman–Crippen LogP) is 3.61. The third kappa shape index (κ3) is 5.12. The Morgan fingerprint density at radius 3 is 2.67 bits per heavy atom. The fourth-order valence-corrected chi connectivity index (χ4v) is 2.09. The highest BCUT2D eigenvalue weighted by atomic mass is 35.5. The number of ether oxygens (including phenoxy) is 1. The first kappa shape index (κ1) is 17.5. The summed E-state index contributed by atoms with van der Waals surface area (Å²) in [5, 5.41) is 11.7. The molecule has 2 aromatic carbocycles. The molecule has 0 radical (unpaired) electrons. The molecule has 2 rings (SSSR count). The van der Waals surface area contributed by atoms with Gasteiger partial charge >= 0.3 is 0 Å². The second kappa shape index (κ2) is 8.14. The van der Waals surface area contributed by atoms with Crippen LogP contribution < -0.4 is 15.5 Å². The van der Waals surface area contributed by atoms with Gasteiger partial charge in [-0.25, -0.2) is 5.48 Å². The van der Waals surface area contributed by atoms with Crippen LogP contribution in [0, 0.1) is 0 Å². The Kier molecular flexibility index (Phi) is 5.95. The van der Waals surface area contributed by atoms with Crippen LogP contribution in [0.5, 0.6) is 11.5 Å². The molecule has 0 heterocycles. The Morgan fingerprint density at radius 1 is 1.21 bits per heavy atom. The van der Waals surface area contributed by atoms with Gasteiger partial charge in [0, 0.05) is 29.3 Å². The number of hydrogen-bond acceptors (Lipinski definition) is 4. The zero-order valence-corrected chi connectivity index (χ0v) is 13.5. The van der Waals surface area contributed by atoms with Gasteiger partial charge in [-0.3, -0.25) is 14.8 Å². The van der Waals surface area contributed by atoms with Crippen molar-refractivity contribution in [2.24, 2.45) is 0 Å². The molecule has 0 unspecified atom stereocenters. The van der Waals surface area contributed by atoms with Crippen LogP contribution in [0.15, 0.2) is 48.5 Å². The van der Waals surface area contributed by atoms with E-state index >= 15 is 0 Å². The lowest BCUT2D eigenvalue weighted by Crippen LogP contribution is -2.14. The average molecular weight is 347 g/mol. The maximum atomic E-state index is 11.2. The van der Waals surface area contributed by atoms with E-state index in [1.165, 1.54) is 18.5 Å². The highest BCUT2D eigenvalue weighted by molar-refractivity contribution is 6.30. The van der Waals surface area contributed by atoms with E-state index < -0.39 is 5.91 Å². The van der Waals surface area contributed by atoms with Crippen LogP contribution in [0.2, 0.25) is 5.02 Å². The fraction of sp³-hybridized carbons (Fsp3) is 0.0588. The van der Waals surface area contributed by atoms with E-state index in [1.54, 1.807) is 42.5 Å². The Labute approximate surface area is 143 Å². The molecular formula is C17H15ClN2O4. The quantitative estimate of drug-likeness (QED) is 0.438. The maximum absolute atomic E-state index is 11.2. The molecule has 2 amide bonds. The molecule has 0 aliphatic carbocycles. The summed E-state index contributed by atoms with van der Waals surface area (Å²) in [6.45, 7) is 1.39. The molecule has 0 saturated carbocycles. The number of anilines is 1. The lowest BCUT2D eigenvalue weighted by atomic mass is 10.1. The molecule has 6 nitrogen and oxygen atoms in total. The molecule has 3 N–H and O–H groups in total. The summed E-state index contributed by atoms with van der Waals surface area (Å²) in [4.78, 5) is 22.4. The van der Waals surface area contributed by atoms with Crippen LogP contribution in [-0.2, 0) is 9.59 Å². The number of benzene rings is 2. The summed E-state index contributed by atoms with van der Waals surface area (Å²) >= 11 is 5.93. The van der Waals surface area contributed by atoms with Gasteiger partial charge in [0.1, 0.15) is 11.5 Å². The minimum atomic E-state index is -0.686. The number of rotatable bonds is 5. The van der Waals surface area contributed by atoms with Gasteiger partial charge in [-0.15, -0.1) is 0 Å². The molecule has 0 fully saturated rings. The number of nitrogens with one attached hydrogen (secondary N) is 2. The second-order valence-electron chi connectivity index (χ2n) is 4.80. The van der Waals surface area contributed by atoms with E-state index in [2.05, 4.69) is 5.32 Å². The minimum absolute atomic E-state index is 0.221. The zero-order valence-electron chi connectivity index (χ0n) is 12.7. The van der Waals surface area contributed by atoms with Crippen LogP contribution in [0.1, 0.15) is 12.5 Å². The van der Waals surface area contributed by atoms with Crippen molar-refractivity contribution in [1.82, 2.24) is 5.48 Å². The zero-order chi connectivity index (χ0) is 17.5. The lowest BCUT2D eigenvalue weighted by Gasteiger charge is -2.11. The van der Waals surface area contributed by atoms with E-state index in [4.69, 9.17) is 21.5 Å². The third-order valence-electron chi connectivity index (χ3n) is 2.88. The van der Waals surface area contributed by atoms with Crippen molar-refractivity contribution in [3.63, 3.8) is 0 Å². The molecule has 0 saturated heterocycles. The standard InChI is InChI=1S/C17H15ClN2O4/c1-11(21)19-14-6-7-16(12(9-14)5-8-17(22)20-23)24-15-4-2-3-13(18)10-15/h2-10,23H,1H3,(H,19,21)(H,20,22). The fourth-order valence-electron chi connectivity index (χ4n) is 1.91. The Balaban J connectivity index is 2.35. The first-order chi connectivity index (χ1) is 11.5. The number of halogens is 1. The lowest BCUT2D eigenvalue weighted by molar-refractivity contribution is -0.124. The largest absolute Gasteiger partial charge is 0.457 e. The topological polar surface area (TPSA) is 87.7 Å². The number of hydroxylamine groups is 1. The van der Waals surface area contributed by atoms with Crippen molar-refractivity contribution in [3.05, 3.63) is 59.1 Å². The van der Waals surface area contributed by atoms with Crippen molar-refractivity contribution in [2.45, 2.75) is 6.92 Å². The molecule has 0 aliphatic heterocycles. The highest BCUT2D eigenvalue weighted by Crippen LogP contribution is 2.30. The molecule has 124 valence electrons. The van der Waals surface area contributed by atoms with Crippen LogP contribution in [-0.4, -0.2) is 17.0 Å². The summed E-state index contributed by atoms with van der Waals surface area (Å²) < 4.78 is 5.77. The molecule has 24 heavy (non-hydrogen) atoms. The number of carbonyl (C=O) groups is 2. The normalized spacial score (nSPS) is 10.5. The van der Waals surface area contributed by atoms with E-state index in [0.717, 1.165) is 6.08 Å². The molecule has 0 atom stereocenters. The molecule has 0 aromatic heterocycles. The monoisotopic (exact) mass is 346 g/mol. The van der Waals surface area contributed by atoms with E-state index in [0.29, 0.717) is 27.8 Å². The Morgan fingerprint density at radius 2 is 2.00 bits per heavy atom. The SMILES string of the molecule is CC(=O)Nc1ccc(Oc2cccc(Cl)c2)c(C=CC(=O)NO)c1. The van der Waals surface area contributed by atoms with Crippen molar-refractivity contribution in [2.75, 3.05) is 5.32 Å². The first-order valence-electron chi connectivity index (χ1n) is 6.95. The van der Waals surface area contributed by atoms with Gasteiger partial charge in [0.15, 0.2) is 0 Å². The summed E-state index contributed by atoms with van der Waals surface area (Å²) in [5.74, 6) is 0.0690. The maximum Gasteiger partial charge on any atom is 0.267 e. The molecule has 0 spiro atoms. The van der Waals surface area contributed by atoms with Crippen LogP contribution in [0.25, 0.3) is 6.08 Å². The third-order valence-corrected chi connectivity index (χ3v) is 3.11. The van der Waals surface area contributed by atoms with Gasteiger partial charge in [-0.05, 0) is 42.5 Å². The highest BCUT2D eigenvalue weighted by Gasteiger charge is 2.07. The van der Waals surface area contributed by atoms with E-state index in [-0.39, 0.29) is 5.91 Å². The van der Waals surface area contributed by atoms with Gasteiger partial charge < -0.3 is 10.1 Å². The Hall–Kier alpha value is -2.83.